The first kappa shape index (κ1) is 8.12. The van der Waals surface area contributed by atoms with Crippen molar-refractivity contribution in [1.82, 2.24) is 10.2 Å². The zero-order valence-electron chi connectivity index (χ0n) is 9.10. The molecule has 2 aliphatic heterocycles. The molecule has 78 valence electrons. The van der Waals surface area contributed by atoms with Crippen LogP contribution in [-0.4, -0.2) is 36.1 Å². The summed E-state index contributed by atoms with van der Waals surface area (Å²) in [5.74, 6) is 0. The van der Waals surface area contributed by atoms with E-state index >= 15 is 0 Å². The third-order valence-corrected chi connectivity index (χ3v) is 5.32. The van der Waals surface area contributed by atoms with Crippen molar-refractivity contribution in [2.45, 2.75) is 49.6 Å². The van der Waals surface area contributed by atoms with Gasteiger partial charge in [0.15, 0.2) is 0 Å². The van der Waals surface area contributed by atoms with Crippen molar-refractivity contribution in [2.75, 3.05) is 20.1 Å². The van der Waals surface area contributed by atoms with E-state index in [0.29, 0.717) is 16.5 Å². The Morgan fingerprint density at radius 3 is 2.36 bits per heavy atom. The van der Waals surface area contributed by atoms with Crippen LogP contribution in [0, 0.1) is 5.41 Å². The highest BCUT2D eigenvalue weighted by atomic mass is 15.3. The SMILES string of the molecule is CN1CC2(CNC3(CC3)C2)CC12CC2. The molecule has 14 heavy (non-hydrogen) atoms. The molecular formula is C12H20N2. The Balaban J connectivity index is 1.61. The molecule has 0 radical (unpaired) electrons. The molecule has 0 aromatic heterocycles. The quantitative estimate of drug-likeness (QED) is 0.623. The van der Waals surface area contributed by atoms with Crippen molar-refractivity contribution in [3.05, 3.63) is 0 Å². The van der Waals surface area contributed by atoms with E-state index in [4.69, 9.17) is 0 Å². The van der Waals surface area contributed by atoms with E-state index in [2.05, 4.69) is 17.3 Å². The molecule has 2 heterocycles. The molecule has 1 N–H and O–H groups in total. The fourth-order valence-corrected chi connectivity index (χ4v) is 4.22. The molecule has 4 aliphatic rings. The van der Waals surface area contributed by atoms with E-state index in [9.17, 15) is 0 Å². The lowest BCUT2D eigenvalue weighted by atomic mass is 9.82. The van der Waals surface area contributed by atoms with Crippen molar-refractivity contribution in [2.24, 2.45) is 5.41 Å². The molecule has 1 atom stereocenters. The van der Waals surface area contributed by atoms with Crippen molar-refractivity contribution in [3.8, 4) is 0 Å². The van der Waals surface area contributed by atoms with Crippen LogP contribution in [0.25, 0.3) is 0 Å². The van der Waals surface area contributed by atoms with Crippen LogP contribution in [0.1, 0.15) is 38.5 Å². The third kappa shape index (κ3) is 0.892. The lowest BCUT2D eigenvalue weighted by Gasteiger charge is -2.21. The van der Waals surface area contributed by atoms with Gasteiger partial charge >= 0.3 is 0 Å². The fraction of sp³-hybridized carbons (Fsp3) is 1.00. The highest BCUT2D eigenvalue weighted by molar-refractivity contribution is 5.21. The minimum atomic E-state index is 0.626. The van der Waals surface area contributed by atoms with E-state index in [-0.39, 0.29) is 0 Å². The number of likely N-dealkylation sites (tertiary alicyclic amines) is 1. The van der Waals surface area contributed by atoms with E-state index in [1.807, 2.05) is 0 Å². The van der Waals surface area contributed by atoms with Gasteiger partial charge in [0, 0.05) is 24.2 Å². The zero-order valence-corrected chi connectivity index (χ0v) is 9.10. The highest BCUT2D eigenvalue weighted by Crippen LogP contribution is 2.61. The summed E-state index contributed by atoms with van der Waals surface area (Å²) < 4.78 is 0. The molecule has 4 rings (SSSR count). The molecule has 3 spiro atoms. The highest BCUT2D eigenvalue weighted by Gasteiger charge is 2.63. The molecule has 2 aliphatic carbocycles. The van der Waals surface area contributed by atoms with Gasteiger partial charge in [-0.2, -0.15) is 0 Å². The van der Waals surface area contributed by atoms with Gasteiger partial charge in [0.25, 0.3) is 0 Å². The number of nitrogens with zero attached hydrogens (tertiary/aromatic N) is 1. The summed E-state index contributed by atoms with van der Waals surface area (Å²) in [6, 6.07) is 0. The van der Waals surface area contributed by atoms with Gasteiger partial charge in [-0.1, -0.05) is 0 Å². The van der Waals surface area contributed by atoms with Crippen molar-refractivity contribution in [3.63, 3.8) is 0 Å². The lowest BCUT2D eigenvalue weighted by molar-refractivity contribution is 0.274. The largest absolute Gasteiger partial charge is 0.311 e. The van der Waals surface area contributed by atoms with Crippen LogP contribution in [0.15, 0.2) is 0 Å². The first-order valence-corrected chi connectivity index (χ1v) is 6.13. The zero-order chi connectivity index (χ0) is 9.44. The minimum Gasteiger partial charge on any atom is -0.311 e. The Labute approximate surface area is 86.0 Å². The average molecular weight is 192 g/mol. The third-order valence-electron chi connectivity index (χ3n) is 5.32. The number of nitrogens with one attached hydrogen (secondary N) is 1. The molecule has 0 aromatic rings. The second-order valence-corrected chi connectivity index (χ2v) is 6.57. The van der Waals surface area contributed by atoms with Crippen LogP contribution in [-0.2, 0) is 0 Å². The van der Waals surface area contributed by atoms with E-state index in [1.54, 1.807) is 0 Å². The van der Waals surface area contributed by atoms with Crippen LogP contribution in [0.5, 0.6) is 0 Å². The summed E-state index contributed by atoms with van der Waals surface area (Å²) in [6.07, 6.45) is 8.81. The maximum Gasteiger partial charge on any atom is 0.0214 e. The molecule has 0 aromatic carbocycles. The van der Waals surface area contributed by atoms with Crippen molar-refractivity contribution in [1.29, 1.82) is 0 Å². The van der Waals surface area contributed by atoms with E-state index in [0.717, 1.165) is 0 Å². The topological polar surface area (TPSA) is 15.3 Å². The normalized spacial score (nSPS) is 46.9. The number of hydrogen-bond acceptors (Lipinski definition) is 2. The van der Waals surface area contributed by atoms with Crippen LogP contribution in [0.3, 0.4) is 0 Å². The predicted octanol–water partition coefficient (Wildman–Crippen LogP) is 1.37. The van der Waals surface area contributed by atoms with Gasteiger partial charge in [-0.25, -0.2) is 0 Å². The molecule has 2 heteroatoms. The maximum absolute atomic E-state index is 3.80. The second-order valence-electron chi connectivity index (χ2n) is 6.57. The molecule has 1 unspecified atom stereocenters. The molecule has 4 fully saturated rings. The Kier molecular flexibility index (Phi) is 1.19. The van der Waals surface area contributed by atoms with Crippen molar-refractivity contribution < 1.29 is 0 Å². The molecule has 2 nitrogen and oxygen atoms in total. The van der Waals surface area contributed by atoms with Gasteiger partial charge in [0.2, 0.25) is 0 Å². The summed E-state index contributed by atoms with van der Waals surface area (Å²) in [7, 11) is 2.35. The van der Waals surface area contributed by atoms with Gasteiger partial charge < -0.3 is 10.2 Å². The van der Waals surface area contributed by atoms with Gasteiger partial charge in [-0.15, -0.1) is 0 Å². The number of hydrogen-bond donors (Lipinski definition) is 1. The standard InChI is InChI=1S/C12H20N2/c1-14-9-10(7-12(14)4-5-12)6-11(2-3-11)13-8-10/h13H,2-9H2,1H3. The smallest absolute Gasteiger partial charge is 0.0214 e. The van der Waals surface area contributed by atoms with Gasteiger partial charge in [0.05, 0.1) is 0 Å². The predicted molar refractivity (Wildman–Crippen MR) is 56.2 cm³/mol. The Hall–Kier alpha value is -0.0800. The van der Waals surface area contributed by atoms with Crippen molar-refractivity contribution >= 4 is 0 Å². The summed E-state index contributed by atoms with van der Waals surface area (Å²) >= 11 is 0. The molecule has 0 bridgehead atoms. The Morgan fingerprint density at radius 1 is 1.07 bits per heavy atom. The van der Waals surface area contributed by atoms with Crippen LogP contribution < -0.4 is 5.32 Å². The second kappa shape index (κ2) is 2.05. The Morgan fingerprint density at radius 2 is 1.86 bits per heavy atom. The number of rotatable bonds is 0. The van der Waals surface area contributed by atoms with Crippen LogP contribution in [0.4, 0.5) is 0 Å². The minimum absolute atomic E-state index is 0.626. The molecule has 0 amide bonds. The lowest BCUT2D eigenvalue weighted by Crippen LogP contribution is -2.28. The molecule has 2 saturated carbocycles. The summed E-state index contributed by atoms with van der Waals surface area (Å²) in [4.78, 5) is 2.66. The summed E-state index contributed by atoms with van der Waals surface area (Å²) in [5.41, 5.74) is 1.96. The first-order chi connectivity index (χ1) is 6.66. The fourth-order valence-electron chi connectivity index (χ4n) is 4.22. The summed E-state index contributed by atoms with van der Waals surface area (Å²) in [5, 5.41) is 3.80. The maximum atomic E-state index is 3.80. The van der Waals surface area contributed by atoms with Gasteiger partial charge in [0.1, 0.15) is 0 Å². The Bertz CT molecular complexity index is 291. The van der Waals surface area contributed by atoms with Gasteiger partial charge in [-0.05, 0) is 51.0 Å². The summed E-state index contributed by atoms with van der Waals surface area (Å²) in [6.45, 7) is 2.67. The average Bonchev–Trinajstić information content (AvgIpc) is 2.97. The van der Waals surface area contributed by atoms with Crippen LogP contribution in [0.2, 0.25) is 0 Å². The van der Waals surface area contributed by atoms with Crippen LogP contribution >= 0.6 is 0 Å². The molecule has 2 saturated heterocycles. The van der Waals surface area contributed by atoms with E-state index < -0.39 is 0 Å². The van der Waals surface area contributed by atoms with E-state index in [1.165, 1.54) is 51.6 Å². The monoisotopic (exact) mass is 192 g/mol. The van der Waals surface area contributed by atoms with Gasteiger partial charge in [-0.3, -0.25) is 0 Å². The first-order valence-electron chi connectivity index (χ1n) is 6.13. The molecular weight excluding hydrogens is 172 g/mol.